The number of rotatable bonds is 3. The lowest BCUT2D eigenvalue weighted by Crippen LogP contribution is -2.36. The van der Waals surface area contributed by atoms with Crippen LogP contribution in [0.3, 0.4) is 0 Å². The maximum Gasteiger partial charge on any atom is 0.317 e. The van der Waals surface area contributed by atoms with Gasteiger partial charge in [-0.25, -0.2) is 8.42 Å². The van der Waals surface area contributed by atoms with Gasteiger partial charge in [0, 0.05) is 6.04 Å². The van der Waals surface area contributed by atoms with Gasteiger partial charge in [-0.05, 0) is 13.5 Å². The van der Waals surface area contributed by atoms with Crippen molar-refractivity contribution in [2.75, 3.05) is 25.1 Å². The van der Waals surface area contributed by atoms with Crippen LogP contribution in [-0.2, 0) is 14.6 Å². The Morgan fingerprint density at radius 3 is 2.62 bits per heavy atom. The molecular formula is C7H13NO4S. The molecule has 1 unspecified atom stereocenters. The maximum absolute atomic E-state index is 11.1. The van der Waals surface area contributed by atoms with Crippen LogP contribution in [0, 0.1) is 0 Å². The number of sulfone groups is 1. The molecule has 13 heavy (non-hydrogen) atoms. The van der Waals surface area contributed by atoms with E-state index in [0.29, 0.717) is 6.42 Å². The van der Waals surface area contributed by atoms with Crippen LogP contribution in [0.5, 0.6) is 0 Å². The van der Waals surface area contributed by atoms with Crippen LogP contribution in [-0.4, -0.2) is 55.5 Å². The van der Waals surface area contributed by atoms with Gasteiger partial charge in [0.2, 0.25) is 0 Å². The number of hydrogen-bond donors (Lipinski definition) is 1. The van der Waals surface area contributed by atoms with Gasteiger partial charge in [0.1, 0.15) is 0 Å². The molecule has 0 radical (unpaired) electrons. The van der Waals surface area contributed by atoms with Crippen LogP contribution < -0.4 is 0 Å². The summed E-state index contributed by atoms with van der Waals surface area (Å²) in [5.41, 5.74) is 0. The summed E-state index contributed by atoms with van der Waals surface area (Å²) in [6, 6.07) is -0.124. The molecule has 76 valence electrons. The number of carboxylic acids is 1. The second-order valence-corrected chi connectivity index (χ2v) is 5.59. The Bertz CT molecular complexity index is 298. The summed E-state index contributed by atoms with van der Waals surface area (Å²) in [6.45, 7) is -0.0970. The van der Waals surface area contributed by atoms with Crippen molar-refractivity contribution in [3.05, 3.63) is 0 Å². The van der Waals surface area contributed by atoms with E-state index in [1.165, 1.54) is 0 Å². The minimum atomic E-state index is -2.91. The monoisotopic (exact) mass is 207 g/mol. The Kier molecular flexibility index (Phi) is 2.92. The van der Waals surface area contributed by atoms with Crippen molar-refractivity contribution in [2.24, 2.45) is 0 Å². The molecule has 1 rings (SSSR count). The Morgan fingerprint density at radius 1 is 1.62 bits per heavy atom. The third kappa shape index (κ3) is 2.96. The molecule has 0 amide bonds. The minimum absolute atomic E-state index is 0.0940. The topological polar surface area (TPSA) is 74.7 Å². The molecule has 1 atom stereocenters. The summed E-state index contributed by atoms with van der Waals surface area (Å²) in [5.74, 6) is -0.648. The van der Waals surface area contributed by atoms with E-state index in [4.69, 9.17) is 5.11 Å². The Hall–Kier alpha value is -0.620. The summed E-state index contributed by atoms with van der Waals surface area (Å²) in [4.78, 5) is 11.9. The second-order valence-electron chi connectivity index (χ2n) is 3.37. The largest absolute Gasteiger partial charge is 0.480 e. The first-order valence-corrected chi connectivity index (χ1v) is 5.85. The molecule has 1 fully saturated rings. The fraction of sp³-hybridized carbons (Fsp3) is 0.857. The third-order valence-electron chi connectivity index (χ3n) is 2.22. The lowest BCUT2D eigenvalue weighted by Gasteiger charge is -2.20. The van der Waals surface area contributed by atoms with Gasteiger partial charge >= 0.3 is 5.97 Å². The average molecular weight is 207 g/mol. The van der Waals surface area contributed by atoms with E-state index in [-0.39, 0.29) is 24.1 Å². The van der Waals surface area contributed by atoms with Crippen molar-refractivity contribution in [1.29, 1.82) is 0 Å². The molecule has 1 saturated heterocycles. The van der Waals surface area contributed by atoms with E-state index in [9.17, 15) is 13.2 Å². The summed E-state index contributed by atoms with van der Waals surface area (Å²) < 4.78 is 22.1. The standard InChI is InChI=1S/C7H13NO4S/c1-8(4-7(9)10)6-2-3-13(11,12)5-6/h6H,2-5H2,1H3,(H,9,10). The number of carboxylic acid groups (broad SMARTS) is 1. The van der Waals surface area contributed by atoms with Crippen molar-refractivity contribution in [2.45, 2.75) is 12.5 Å². The quantitative estimate of drug-likeness (QED) is 0.655. The highest BCUT2D eigenvalue weighted by Gasteiger charge is 2.31. The normalized spacial score (nSPS) is 26.5. The predicted molar refractivity (Wildman–Crippen MR) is 47.3 cm³/mol. The zero-order chi connectivity index (χ0) is 10.1. The van der Waals surface area contributed by atoms with Gasteiger partial charge in [0.25, 0.3) is 0 Å². The van der Waals surface area contributed by atoms with Crippen LogP contribution >= 0.6 is 0 Å². The number of hydrogen-bond acceptors (Lipinski definition) is 4. The molecule has 1 N–H and O–H groups in total. The van der Waals surface area contributed by atoms with E-state index in [1.54, 1.807) is 11.9 Å². The van der Waals surface area contributed by atoms with Crippen LogP contribution in [0.1, 0.15) is 6.42 Å². The summed E-state index contributed by atoms with van der Waals surface area (Å²) in [6.07, 6.45) is 0.548. The highest BCUT2D eigenvalue weighted by Crippen LogP contribution is 2.15. The fourth-order valence-corrected chi connectivity index (χ4v) is 3.27. The average Bonchev–Trinajstić information content (AvgIpc) is 2.28. The van der Waals surface area contributed by atoms with Crippen molar-refractivity contribution in [3.8, 4) is 0 Å². The lowest BCUT2D eigenvalue weighted by atomic mass is 10.2. The maximum atomic E-state index is 11.1. The Morgan fingerprint density at radius 2 is 2.23 bits per heavy atom. The van der Waals surface area contributed by atoms with Crippen molar-refractivity contribution < 1.29 is 18.3 Å². The van der Waals surface area contributed by atoms with Crippen molar-refractivity contribution in [1.82, 2.24) is 4.90 Å². The van der Waals surface area contributed by atoms with E-state index in [1.807, 2.05) is 0 Å². The van der Waals surface area contributed by atoms with Crippen molar-refractivity contribution >= 4 is 15.8 Å². The first-order chi connectivity index (χ1) is 5.91. The number of carbonyl (C=O) groups is 1. The molecule has 0 spiro atoms. The van der Waals surface area contributed by atoms with Gasteiger partial charge in [-0.1, -0.05) is 0 Å². The lowest BCUT2D eigenvalue weighted by molar-refractivity contribution is -0.138. The van der Waals surface area contributed by atoms with Crippen molar-refractivity contribution in [3.63, 3.8) is 0 Å². The molecule has 0 aromatic rings. The van der Waals surface area contributed by atoms with Gasteiger partial charge in [0.15, 0.2) is 9.84 Å². The summed E-state index contributed by atoms with van der Waals surface area (Å²) >= 11 is 0. The van der Waals surface area contributed by atoms with E-state index < -0.39 is 15.8 Å². The van der Waals surface area contributed by atoms with Crippen LogP contribution in [0.4, 0.5) is 0 Å². The molecule has 0 bridgehead atoms. The molecule has 5 nitrogen and oxygen atoms in total. The van der Waals surface area contributed by atoms with Gasteiger partial charge in [-0.2, -0.15) is 0 Å². The predicted octanol–water partition coefficient (Wildman–Crippen LogP) is -0.810. The second kappa shape index (κ2) is 3.63. The molecule has 0 aliphatic carbocycles. The minimum Gasteiger partial charge on any atom is -0.480 e. The van der Waals surface area contributed by atoms with E-state index in [0.717, 1.165) is 0 Å². The highest BCUT2D eigenvalue weighted by molar-refractivity contribution is 7.91. The highest BCUT2D eigenvalue weighted by atomic mass is 32.2. The van der Waals surface area contributed by atoms with Gasteiger partial charge in [0.05, 0.1) is 18.1 Å². The van der Waals surface area contributed by atoms with Gasteiger partial charge in [-0.15, -0.1) is 0 Å². The summed E-state index contributed by atoms with van der Waals surface area (Å²) in [5, 5.41) is 8.48. The Labute approximate surface area is 77.3 Å². The first kappa shape index (κ1) is 10.5. The SMILES string of the molecule is CN(CC(=O)O)C1CCS(=O)(=O)C1. The molecule has 1 aliphatic heterocycles. The summed E-state index contributed by atoms with van der Waals surface area (Å²) in [7, 11) is -1.27. The fourth-order valence-electron chi connectivity index (χ4n) is 1.47. The smallest absolute Gasteiger partial charge is 0.317 e. The zero-order valence-corrected chi connectivity index (χ0v) is 8.25. The van der Waals surface area contributed by atoms with Gasteiger partial charge < -0.3 is 5.11 Å². The molecular weight excluding hydrogens is 194 g/mol. The molecule has 0 aromatic heterocycles. The molecule has 6 heteroatoms. The van der Waals surface area contributed by atoms with Crippen LogP contribution in [0.15, 0.2) is 0 Å². The van der Waals surface area contributed by atoms with Crippen LogP contribution in [0.25, 0.3) is 0 Å². The first-order valence-electron chi connectivity index (χ1n) is 4.03. The molecule has 1 heterocycles. The number of aliphatic carboxylic acids is 1. The molecule has 0 saturated carbocycles. The molecule has 0 aromatic carbocycles. The zero-order valence-electron chi connectivity index (χ0n) is 7.43. The number of nitrogens with zero attached hydrogens (tertiary/aromatic N) is 1. The van der Waals surface area contributed by atoms with Gasteiger partial charge in [-0.3, -0.25) is 9.69 Å². The number of likely N-dealkylation sites (N-methyl/N-ethyl adjacent to an activating group) is 1. The van der Waals surface area contributed by atoms with E-state index >= 15 is 0 Å². The third-order valence-corrected chi connectivity index (χ3v) is 3.97. The Balaban J connectivity index is 2.51. The van der Waals surface area contributed by atoms with Crippen LogP contribution in [0.2, 0.25) is 0 Å². The molecule has 1 aliphatic rings. The van der Waals surface area contributed by atoms with E-state index in [2.05, 4.69) is 0 Å².